The van der Waals surface area contributed by atoms with Crippen molar-refractivity contribution in [3.63, 3.8) is 0 Å². The first kappa shape index (κ1) is 40.5. The van der Waals surface area contributed by atoms with Gasteiger partial charge in [0.25, 0.3) is 0 Å². The quantitative estimate of drug-likeness (QED) is 0.0546. The van der Waals surface area contributed by atoms with Crippen molar-refractivity contribution in [2.75, 3.05) is 6.61 Å². The molecule has 2 heteroatoms. The predicted octanol–water partition coefficient (Wildman–Crippen LogP) is 14.2. The van der Waals surface area contributed by atoms with Gasteiger partial charge in [-0.1, -0.05) is 219 Å². The SMILES string of the molecule is CCCCCCCCCCCCCCCCCCCCCC(=O)OCCCCCCCCCCCCCCCCC. The average molecular weight is 579 g/mol. The van der Waals surface area contributed by atoms with Crippen molar-refractivity contribution in [2.24, 2.45) is 0 Å². The molecule has 0 spiro atoms. The number of unbranched alkanes of at least 4 members (excludes halogenated alkanes) is 32. The zero-order valence-electron chi connectivity index (χ0n) is 28.8. The highest BCUT2D eigenvalue weighted by Gasteiger charge is 2.03. The van der Waals surface area contributed by atoms with E-state index in [1.165, 1.54) is 205 Å². The van der Waals surface area contributed by atoms with Crippen LogP contribution in [0.2, 0.25) is 0 Å². The van der Waals surface area contributed by atoms with Crippen LogP contribution in [0, 0.1) is 0 Å². The number of hydrogen-bond donors (Lipinski definition) is 0. The molecule has 0 aromatic heterocycles. The van der Waals surface area contributed by atoms with E-state index in [1.807, 2.05) is 0 Å². The van der Waals surface area contributed by atoms with Gasteiger partial charge in [-0.2, -0.15) is 0 Å². The van der Waals surface area contributed by atoms with E-state index in [0.29, 0.717) is 13.0 Å². The van der Waals surface area contributed by atoms with Crippen LogP contribution in [0.25, 0.3) is 0 Å². The van der Waals surface area contributed by atoms with Crippen molar-refractivity contribution in [3.05, 3.63) is 0 Å². The van der Waals surface area contributed by atoms with E-state index in [9.17, 15) is 4.79 Å². The second kappa shape index (κ2) is 37.5. The maximum absolute atomic E-state index is 12.0. The van der Waals surface area contributed by atoms with E-state index in [4.69, 9.17) is 4.74 Å². The summed E-state index contributed by atoms with van der Waals surface area (Å²) in [7, 11) is 0. The zero-order chi connectivity index (χ0) is 29.7. The van der Waals surface area contributed by atoms with Gasteiger partial charge >= 0.3 is 5.97 Å². The lowest BCUT2D eigenvalue weighted by Crippen LogP contribution is -2.05. The van der Waals surface area contributed by atoms with Crippen LogP contribution < -0.4 is 0 Å². The number of ether oxygens (including phenoxy) is 1. The highest BCUT2D eigenvalue weighted by atomic mass is 16.5. The molecule has 0 fully saturated rings. The Balaban J connectivity index is 3.14. The van der Waals surface area contributed by atoms with Gasteiger partial charge in [0.1, 0.15) is 0 Å². The smallest absolute Gasteiger partial charge is 0.305 e. The van der Waals surface area contributed by atoms with Gasteiger partial charge in [0.2, 0.25) is 0 Å². The average Bonchev–Trinajstić information content (AvgIpc) is 2.98. The Bertz CT molecular complexity index is 474. The van der Waals surface area contributed by atoms with Crippen LogP contribution in [-0.2, 0) is 9.53 Å². The molecule has 0 bridgehead atoms. The van der Waals surface area contributed by atoms with Crippen LogP contribution in [0.4, 0.5) is 0 Å². The van der Waals surface area contributed by atoms with Crippen molar-refractivity contribution in [1.29, 1.82) is 0 Å². The molecule has 0 aliphatic heterocycles. The third-order valence-electron chi connectivity index (χ3n) is 9.00. The summed E-state index contributed by atoms with van der Waals surface area (Å²) in [6.07, 6.45) is 47.5. The third-order valence-corrected chi connectivity index (χ3v) is 9.00. The second-order valence-electron chi connectivity index (χ2n) is 13.3. The summed E-state index contributed by atoms with van der Waals surface area (Å²) in [6.45, 7) is 5.22. The van der Waals surface area contributed by atoms with Crippen LogP contribution in [-0.4, -0.2) is 12.6 Å². The van der Waals surface area contributed by atoms with Crippen LogP contribution in [0.1, 0.15) is 239 Å². The van der Waals surface area contributed by atoms with Crippen molar-refractivity contribution in [1.82, 2.24) is 0 Å². The summed E-state index contributed by atoms with van der Waals surface area (Å²) >= 11 is 0. The lowest BCUT2D eigenvalue weighted by Gasteiger charge is -2.06. The third kappa shape index (κ3) is 37.4. The van der Waals surface area contributed by atoms with Crippen LogP contribution in [0.5, 0.6) is 0 Å². The molecule has 2 nitrogen and oxygen atoms in total. The molecule has 0 saturated heterocycles. The molecular weight excluding hydrogens is 500 g/mol. The first-order chi connectivity index (χ1) is 20.3. The lowest BCUT2D eigenvalue weighted by atomic mass is 10.0. The molecule has 246 valence electrons. The first-order valence-corrected chi connectivity index (χ1v) is 19.5. The van der Waals surface area contributed by atoms with Crippen molar-refractivity contribution < 1.29 is 9.53 Å². The summed E-state index contributed by atoms with van der Waals surface area (Å²) < 4.78 is 5.45. The fraction of sp³-hybridized carbons (Fsp3) is 0.974. The molecule has 0 heterocycles. The Morgan fingerprint density at radius 3 is 0.805 bits per heavy atom. The predicted molar refractivity (Wildman–Crippen MR) is 184 cm³/mol. The van der Waals surface area contributed by atoms with Gasteiger partial charge in [-0.25, -0.2) is 0 Å². The molecule has 0 amide bonds. The number of esters is 1. The zero-order valence-corrected chi connectivity index (χ0v) is 28.8. The van der Waals surface area contributed by atoms with Gasteiger partial charge in [-0.15, -0.1) is 0 Å². The Hall–Kier alpha value is -0.530. The minimum Gasteiger partial charge on any atom is -0.466 e. The number of carbonyl (C=O) groups is 1. The fourth-order valence-corrected chi connectivity index (χ4v) is 6.08. The van der Waals surface area contributed by atoms with Crippen molar-refractivity contribution >= 4 is 5.97 Å². The Kier molecular flexibility index (Phi) is 37.0. The van der Waals surface area contributed by atoms with E-state index in [2.05, 4.69) is 13.8 Å². The van der Waals surface area contributed by atoms with Crippen LogP contribution in [0.15, 0.2) is 0 Å². The van der Waals surface area contributed by atoms with Crippen molar-refractivity contribution in [3.8, 4) is 0 Å². The molecular formula is C39H78O2. The molecule has 0 saturated carbocycles. The van der Waals surface area contributed by atoms with E-state index in [0.717, 1.165) is 12.8 Å². The largest absolute Gasteiger partial charge is 0.466 e. The highest BCUT2D eigenvalue weighted by Crippen LogP contribution is 2.16. The summed E-state index contributed by atoms with van der Waals surface area (Å²) in [6, 6.07) is 0. The standard InChI is InChI=1S/C39H78O2/c1-3-5-7-9-11-13-15-17-19-20-21-22-23-25-27-29-31-33-35-37-39(40)41-38-36-34-32-30-28-26-24-18-16-14-12-10-8-6-4-2/h3-38H2,1-2H3. The van der Waals surface area contributed by atoms with Crippen molar-refractivity contribution in [2.45, 2.75) is 239 Å². The number of rotatable bonds is 36. The maximum Gasteiger partial charge on any atom is 0.305 e. The molecule has 0 atom stereocenters. The van der Waals surface area contributed by atoms with Gasteiger partial charge < -0.3 is 4.74 Å². The summed E-state index contributed by atoms with van der Waals surface area (Å²) in [4.78, 5) is 12.0. The topological polar surface area (TPSA) is 26.3 Å². The normalized spacial score (nSPS) is 11.4. The first-order valence-electron chi connectivity index (χ1n) is 19.5. The molecule has 0 aromatic carbocycles. The Labute approximate surface area is 260 Å². The van der Waals surface area contributed by atoms with E-state index >= 15 is 0 Å². The molecule has 0 N–H and O–H groups in total. The maximum atomic E-state index is 12.0. The lowest BCUT2D eigenvalue weighted by molar-refractivity contribution is -0.143. The minimum absolute atomic E-state index is 0.0299. The van der Waals surface area contributed by atoms with Crippen LogP contribution >= 0.6 is 0 Å². The van der Waals surface area contributed by atoms with E-state index < -0.39 is 0 Å². The van der Waals surface area contributed by atoms with Crippen LogP contribution in [0.3, 0.4) is 0 Å². The molecule has 0 rings (SSSR count). The highest BCUT2D eigenvalue weighted by molar-refractivity contribution is 5.69. The Morgan fingerprint density at radius 2 is 0.537 bits per heavy atom. The number of carbonyl (C=O) groups excluding carboxylic acids is 1. The minimum atomic E-state index is 0.0299. The summed E-state index contributed by atoms with van der Waals surface area (Å²) in [5, 5.41) is 0. The van der Waals surface area contributed by atoms with Gasteiger partial charge in [0, 0.05) is 6.42 Å². The van der Waals surface area contributed by atoms with Gasteiger partial charge in [-0.05, 0) is 12.8 Å². The molecule has 0 aromatic rings. The van der Waals surface area contributed by atoms with E-state index in [-0.39, 0.29) is 5.97 Å². The Morgan fingerprint density at radius 1 is 0.317 bits per heavy atom. The molecule has 41 heavy (non-hydrogen) atoms. The second-order valence-corrected chi connectivity index (χ2v) is 13.3. The fourth-order valence-electron chi connectivity index (χ4n) is 6.08. The summed E-state index contributed by atoms with van der Waals surface area (Å²) in [5.74, 6) is 0.0299. The monoisotopic (exact) mass is 579 g/mol. The molecule has 0 aliphatic rings. The molecule has 0 unspecified atom stereocenters. The van der Waals surface area contributed by atoms with Gasteiger partial charge in [0.15, 0.2) is 0 Å². The van der Waals surface area contributed by atoms with Gasteiger partial charge in [0.05, 0.1) is 6.61 Å². The molecule has 0 radical (unpaired) electrons. The van der Waals surface area contributed by atoms with Gasteiger partial charge in [-0.3, -0.25) is 4.79 Å². The van der Waals surface area contributed by atoms with E-state index in [1.54, 1.807) is 0 Å². The molecule has 0 aliphatic carbocycles. The number of hydrogen-bond acceptors (Lipinski definition) is 2. The summed E-state index contributed by atoms with van der Waals surface area (Å²) in [5.41, 5.74) is 0.